The number of hydrogen-bond donors (Lipinski definition) is 1. The van der Waals surface area contributed by atoms with E-state index < -0.39 is 6.04 Å². The fourth-order valence-corrected chi connectivity index (χ4v) is 4.18. The maximum absolute atomic E-state index is 13.3. The highest BCUT2D eigenvalue weighted by Crippen LogP contribution is 2.19. The maximum Gasteiger partial charge on any atom is 0.242 e. The van der Waals surface area contributed by atoms with Crippen LogP contribution in [0.4, 0.5) is 4.39 Å². The Labute approximate surface area is 197 Å². The van der Waals surface area contributed by atoms with Crippen molar-refractivity contribution in [2.45, 2.75) is 45.5 Å². The first-order chi connectivity index (χ1) is 14.8. The Bertz CT molecular complexity index is 844. The third-order valence-corrected chi connectivity index (χ3v) is 6.26. The lowest BCUT2D eigenvalue weighted by Crippen LogP contribution is -2.50. The molecule has 2 aromatic rings. The molecule has 4 nitrogen and oxygen atoms in total. The zero-order valence-electron chi connectivity index (χ0n) is 18.2. The number of nitrogens with zero attached hydrogens (tertiary/aromatic N) is 1. The van der Waals surface area contributed by atoms with E-state index in [1.807, 2.05) is 45.0 Å². The molecule has 1 unspecified atom stereocenters. The number of amides is 2. The zero-order chi connectivity index (χ0) is 22.8. The van der Waals surface area contributed by atoms with Crippen LogP contribution in [0.15, 0.2) is 53.0 Å². The third kappa shape index (κ3) is 8.65. The van der Waals surface area contributed by atoms with Gasteiger partial charge in [0.2, 0.25) is 11.8 Å². The molecule has 0 aliphatic heterocycles. The smallest absolute Gasteiger partial charge is 0.242 e. The molecule has 2 aromatic carbocycles. The summed E-state index contributed by atoms with van der Waals surface area (Å²) in [5, 5.41) is 2.95. The summed E-state index contributed by atoms with van der Waals surface area (Å²) in [6.45, 7) is 6.79. The summed E-state index contributed by atoms with van der Waals surface area (Å²) in [5.41, 5.74) is 1.93. The van der Waals surface area contributed by atoms with E-state index in [0.29, 0.717) is 24.6 Å². The normalized spacial score (nSPS) is 11.9. The Kier molecular flexibility index (Phi) is 10.5. The largest absolute Gasteiger partial charge is 0.354 e. The van der Waals surface area contributed by atoms with Gasteiger partial charge in [0.05, 0.1) is 5.75 Å². The van der Waals surface area contributed by atoms with Gasteiger partial charge in [0.15, 0.2) is 0 Å². The van der Waals surface area contributed by atoms with Gasteiger partial charge in [-0.1, -0.05) is 61.0 Å². The van der Waals surface area contributed by atoms with E-state index in [4.69, 9.17) is 0 Å². The SMILES string of the molecule is CCC(C(=O)NCC(C)C)N(Cc1ccc(F)cc1)C(=O)CSCc1ccc(Br)cc1. The number of rotatable bonds is 11. The van der Waals surface area contributed by atoms with Gasteiger partial charge in [0, 0.05) is 23.3 Å². The summed E-state index contributed by atoms with van der Waals surface area (Å²) in [7, 11) is 0. The minimum absolute atomic E-state index is 0.0991. The second-order valence-electron chi connectivity index (χ2n) is 7.83. The van der Waals surface area contributed by atoms with Gasteiger partial charge >= 0.3 is 0 Å². The molecule has 168 valence electrons. The molecule has 0 radical (unpaired) electrons. The Morgan fingerprint density at radius 1 is 1.06 bits per heavy atom. The van der Waals surface area contributed by atoms with Crippen molar-refractivity contribution in [1.29, 1.82) is 0 Å². The van der Waals surface area contributed by atoms with Crippen molar-refractivity contribution < 1.29 is 14.0 Å². The van der Waals surface area contributed by atoms with E-state index in [2.05, 4.69) is 21.2 Å². The number of hydrogen-bond acceptors (Lipinski definition) is 3. The number of carbonyl (C=O) groups excluding carboxylic acids is 2. The van der Waals surface area contributed by atoms with Crippen molar-refractivity contribution in [1.82, 2.24) is 10.2 Å². The average Bonchev–Trinajstić information content (AvgIpc) is 2.74. The molecule has 0 fully saturated rings. The summed E-state index contributed by atoms with van der Waals surface area (Å²) in [6, 6.07) is 13.5. The van der Waals surface area contributed by atoms with E-state index in [1.54, 1.807) is 17.0 Å². The number of nitrogens with one attached hydrogen (secondary N) is 1. The van der Waals surface area contributed by atoms with Crippen LogP contribution < -0.4 is 5.32 Å². The van der Waals surface area contributed by atoms with Crippen LogP contribution in [0.3, 0.4) is 0 Å². The van der Waals surface area contributed by atoms with Crippen molar-refractivity contribution in [3.8, 4) is 0 Å². The van der Waals surface area contributed by atoms with E-state index >= 15 is 0 Å². The molecular weight excluding hydrogens is 479 g/mol. The predicted molar refractivity (Wildman–Crippen MR) is 129 cm³/mol. The summed E-state index contributed by atoms with van der Waals surface area (Å²) in [4.78, 5) is 27.6. The van der Waals surface area contributed by atoms with Gasteiger partial charge in [-0.3, -0.25) is 9.59 Å². The summed E-state index contributed by atoms with van der Waals surface area (Å²) in [5.74, 6) is 0.727. The summed E-state index contributed by atoms with van der Waals surface area (Å²) >= 11 is 4.94. The Morgan fingerprint density at radius 2 is 1.68 bits per heavy atom. The van der Waals surface area contributed by atoms with E-state index in [-0.39, 0.29) is 29.9 Å². The zero-order valence-corrected chi connectivity index (χ0v) is 20.6. The van der Waals surface area contributed by atoms with Crippen LogP contribution >= 0.6 is 27.7 Å². The van der Waals surface area contributed by atoms with Crippen LogP contribution in [-0.4, -0.2) is 35.1 Å². The molecule has 31 heavy (non-hydrogen) atoms. The highest BCUT2D eigenvalue weighted by molar-refractivity contribution is 9.10. The van der Waals surface area contributed by atoms with Gasteiger partial charge < -0.3 is 10.2 Å². The summed E-state index contributed by atoms with van der Waals surface area (Å²) in [6.07, 6.45) is 0.508. The van der Waals surface area contributed by atoms with Gasteiger partial charge in [0.1, 0.15) is 11.9 Å². The molecule has 1 N–H and O–H groups in total. The van der Waals surface area contributed by atoms with Gasteiger partial charge in [0.25, 0.3) is 0 Å². The number of carbonyl (C=O) groups is 2. The van der Waals surface area contributed by atoms with Crippen molar-refractivity contribution >= 4 is 39.5 Å². The monoisotopic (exact) mass is 508 g/mol. The summed E-state index contributed by atoms with van der Waals surface area (Å²) < 4.78 is 14.3. The first kappa shape index (κ1) is 25.4. The van der Waals surface area contributed by atoms with Crippen LogP contribution in [0.1, 0.15) is 38.3 Å². The topological polar surface area (TPSA) is 49.4 Å². The molecule has 1 atom stereocenters. The standard InChI is InChI=1S/C24H30BrFN2O2S/c1-4-22(24(30)27-13-17(2)3)28(14-18-7-11-21(26)12-8-18)23(29)16-31-15-19-5-9-20(25)10-6-19/h5-12,17,22H,4,13-16H2,1-3H3,(H,27,30). The molecule has 0 saturated heterocycles. The quantitative estimate of drug-likeness (QED) is 0.441. The molecule has 7 heteroatoms. The molecule has 0 aliphatic rings. The second kappa shape index (κ2) is 12.9. The first-order valence-corrected chi connectivity index (χ1v) is 12.4. The highest BCUT2D eigenvalue weighted by Gasteiger charge is 2.28. The van der Waals surface area contributed by atoms with E-state index in [9.17, 15) is 14.0 Å². The fourth-order valence-electron chi connectivity index (χ4n) is 3.05. The average molecular weight is 509 g/mol. The van der Waals surface area contributed by atoms with Gasteiger partial charge in [-0.05, 0) is 47.7 Å². The molecule has 0 aliphatic carbocycles. The van der Waals surface area contributed by atoms with Crippen molar-refractivity contribution in [3.63, 3.8) is 0 Å². The lowest BCUT2D eigenvalue weighted by molar-refractivity contribution is -0.139. The van der Waals surface area contributed by atoms with E-state index in [1.165, 1.54) is 23.9 Å². The molecule has 0 bridgehead atoms. The van der Waals surface area contributed by atoms with Gasteiger partial charge in [-0.15, -0.1) is 11.8 Å². The number of benzene rings is 2. The molecule has 2 amide bonds. The van der Waals surface area contributed by atoms with E-state index in [0.717, 1.165) is 15.6 Å². The Balaban J connectivity index is 2.10. The van der Waals surface area contributed by atoms with Gasteiger partial charge in [-0.2, -0.15) is 0 Å². The van der Waals surface area contributed by atoms with Crippen LogP contribution in [0, 0.1) is 11.7 Å². The lowest BCUT2D eigenvalue weighted by atomic mass is 10.1. The third-order valence-electron chi connectivity index (χ3n) is 4.74. The lowest BCUT2D eigenvalue weighted by Gasteiger charge is -2.31. The van der Waals surface area contributed by atoms with Crippen molar-refractivity contribution in [2.75, 3.05) is 12.3 Å². The molecular formula is C24H30BrFN2O2S. The number of halogens is 2. The molecule has 0 aromatic heterocycles. The van der Waals surface area contributed by atoms with Crippen molar-refractivity contribution in [3.05, 3.63) is 69.9 Å². The Morgan fingerprint density at radius 3 is 2.26 bits per heavy atom. The molecule has 0 heterocycles. The molecule has 2 rings (SSSR count). The van der Waals surface area contributed by atoms with Crippen LogP contribution in [-0.2, 0) is 21.9 Å². The first-order valence-electron chi connectivity index (χ1n) is 10.4. The highest BCUT2D eigenvalue weighted by atomic mass is 79.9. The fraction of sp³-hybridized carbons (Fsp3) is 0.417. The minimum Gasteiger partial charge on any atom is -0.354 e. The second-order valence-corrected chi connectivity index (χ2v) is 9.73. The predicted octanol–water partition coefficient (Wildman–Crippen LogP) is 5.40. The minimum atomic E-state index is -0.565. The molecule has 0 saturated carbocycles. The molecule has 0 spiro atoms. The van der Waals surface area contributed by atoms with Crippen LogP contribution in [0.2, 0.25) is 0 Å². The Hall–Kier alpha value is -1.86. The maximum atomic E-state index is 13.3. The number of thioether (sulfide) groups is 1. The van der Waals surface area contributed by atoms with Crippen LogP contribution in [0.25, 0.3) is 0 Å². The van der Waals surface area contributed by atoms with Crippen molar-refractivity contribution in [2.24, 2.45) is 5.92 Å². The van der Waals surface area contributed by atoms with Crippen LogP contribution in [0.5, 0.6) is 0 Å². The van der Waals surface area contributed by atoms with Gasteiger partial charge in [-0.25, -0.2) is 4.39 Å².